The first kappa shape index (κ1) is 14.4. The van der Waals surface area contributed by atoms with Gasteiger partial charge in [0.05, 0.1) is 15.9 Å². The maximum absolute atomic E-state index is 4.58. The average Bonchev–Trinajstić information content (AvgIpc) is 2.98. The van der Waals surface area contributed by atoms with Crippen LogP contribution in [0.2, 0.25) is 0 Å². The molecule has 0 amide bonds. The number of hydrogen-bond acceptors (Lipinski definition) is 3. The smallest absolute Gasteiger partial charge is 0.0738 e. The van der Waals surface area contributed by atoms with Crippen LogP contribution in [0.15, 0.2) is 4.47 Å². The monoisotopic (exact) mass is 331 g/mol. The molecule has 18 heavy (non-hydrogen) atoms. The van der Waals surface area contributed by atoms with Crippen LogP contribution < -0.4 is 5.32 Å². The Morgan fingerprint density at radius 3 is 2.94 bits per heavy atom. The maximum atomic E-state index is 4.58. The molecule has 2 atom stereocenters. The number of hydrogen-bond donors (Lipinski definition) is 1. The minimum Gasteiger partial charge on any atom is -0.316 e. The third-order valence-electron chi connectivity index (χ3n) is 3.65. The lowest BCUT2D eigenvalue weighted by Gasteiger charge is -2.22. The number of aromatic nitrogens is 2. The molecule has 0 aliphatic carbocycles. The molecule has 0 saturated carbocycles. The van der Waals surface area contributed by atoms with Crippen molar-refractivity contribution in [3.8, 4) is 0 Å². The van der Waals surface area contributed by atoms with Crippen molar-refractivity contribution in [1.29, 1.82) is 0 Å². The average molecular weight is 332 g/mol. The van der Waals surface area contributed by atoms with Crippen LogP contribution in [0.3, 0.4) is 0 Å². The van der Waals surface area contributed by atoms with Crippen molar-refractivity contribution >= 4 is 27.7 Å². The molecule has 0 spiro atoms. The second-order valence-corrected chi connectivity index (χ2v) is 6.95. The van der Waals surface area contributed by atoms with Gasteiger partial charge in [0.15, 0.2) is 0 Å². The molecule has 0 radical (unpaired) electrons. The molecular formula is C13H22BrN3S. The summed E-state index contributed by atoms with van der Waals surface area (Å²) in [7, 11) is 2.08. The van der Waals surface area contributed by atoms with Crippen LogP contribution in [0.1, 0.15) is 31.2 Å². The summed E-state index contributed by atoms with van der Waals surface area (Å²) in [6, 6.07) is 0.551. The van der Waals surface area contributed by atoms with Gasteiger partial charge >= 0.3 is 0 Å². The van der Waals surface area contributed by atoms with E-state index < -0.39 is 0 Å². The van der Waals surface area contributed by atoms with Crippen molar-refractivity contribution in [2.45, 2.75) is 50.9 Å². The lowest BCUT2D eigenvalue weighted by molar-refractivity contribution is 0.497. The van der Waals surface area contributed by atoms with Gasteiger partial charge in [-0.25, -0.2) is 0 Å². The Balaban J connectivity index is 2.15. The van der Waals surface area contributed by atoms with Crippen molar-refractivity contribution < 1.29 is 0 Å². The summed E-state index contributed by atoms with van der Waals surface area (Å²) in [6.07, 6.45) is 3.76. The molecule has 1 saturated heterocycles. The largest absolute Gasteiger partial charge is 0.316 e. The molecule has 1 aliphatic heterocycles. The molecular weight excluding hydrogens is 310 g/mol. The van der Waals surface area contributed by atoms with Crippen LogP contribution in [0.25, 0.3) is 0 Å². The molecule has 102 valence electrons. The predicted octanol–water partition coefficient (Wildman–Crippen LogP) is 3.00. The summed E-state index contributed by atoms with van der Waals surface area (Å²) < 4.78 is 3.32. The number of thioether (sulfide) groups is 1. The van der Waals surface area contributed by atoms with Gasteiger partial charge in [-0.2, -0.15) is 16.9 Å². The first-order valence-electron chi connectivity index (χ1n) is 6.68. The summed E-state index contributed by atoms with van der Waals surface area (Å²) >= 11 is 5.80. The zero-order chi connectivity index (χ0) is 13.1. The highest BCUT2D eigenvalue weighted by molar-refractivity contribution is 9.10. The van der Waals surface area contributed by atoms with Gasteiger partial charge in [-0.15, -0.1) is 0 Å². The number of aryl methyl sites for hydroxylation is 2. The van der Waals surface area contributed by atoms with Crippen LogP contribution in [0, 0.1) is 6.92 Å². The Hall–Kier alpha value is -0.0000000000000000555. The van der Waals surface area contributed by atoms with E-state index in [9.17, 15) is 0 Å². The maximum Gasteiger partial charge on any atom is 0.0738 e. The van der Waals surface area contributed by atoms with Crippen LogP contribution in [-0.2, 0) is 13.0 Å². The highest BCUT2D eigenvalue weighted by Crippen LogP contribution is 2.31. The molecule has 2 unspecified atom stereocenters. The number of halogens is 1. The Morgan fingerprint density at radius 2 is 2.39 bits per heavy atom. The minimum atomic E-state index is 0.551. The van der Waals surface area contributed by atoms with Gasteiger partial charge in [-0.05, 0) is 55.4 Å². The number of rotatable bonds is 5. The van der Waals surface area contributed by atoms with Crippen LogP contribution in [0.4, 0.5) is 0 Å². The van der Waals surface area contributed by atoms with E-state index in [1.54, 1.807) is 0 Å². The van der Waals surface area contributed by atoms with Crippen molar-refractivity contribution in [2.75, 3.05) is 12.8 Å². The van der Waals surface area contributed by atoms with E-state index in [0.717, 1.165) is 23.9 Å². The molecule has 0 bridgehead atoms. The van der Waals surface area contributed by atoms with Crippen molar-refractivity contribution in [1.82, 2.24) is 15.1 Å². The second-order valence-electron chi connectivity index (χ2n) is 4.81. The van der Waals surface area contributed by atoms with Crippen molar-refractivity contribution in [3.63, 3.8) is 0 Å². The summed E-state index contributed by atoms with van der Waals surface area (Å²) in [5.41, 5.74) is 2.43. The third kappa shape index (κ3) is 2.94. The van der Waals surface area contributed by atoms with Gasteiger partial charge in [0.25, 0.3) is 0 Å². The predicted molar refractivity (Wildman–Crippen MR) is 82.4 cm³/mol. The zero-order valence-electron chi connectivity index (χ0n) is 11.4. The van der Waals surface area contributed by atoms with Gasteiger partial charge in [0.1, 0.15) is 0 Å². The van der Waals surface area contributed by atoms with Gasteiger partial charge in [-0.3, -0.25) is 4.68 Å². The van der Waals surface area contributed by atoms with E-state index in [1.165, 1.54) is 28.8 Å². The highest BCUT2D eigenvalue weighted by atomic mass is 79.9. The minimum absolute atomic E-state index is 0.551. The Labute approximate surface area is 122 Å². The summed E-state index contributed by atoms with van der Waals surface area (Å²) in [5, 5.41) is 8.83. The van der Waals surface area contributed by atoms with E-state index in [0.29, 0.717) is 6.04 Å². The molecule has 2 rings (SSSR count). The molecule has 0 aromatic carbocycles. The van der Waals surface area contributed by atoms with Gasteiger partial charge < -0.3 is 5.32 Å². The SMILES string of the molecule is CCn1nc(C)c(Br)c1CC(NC)C1CCCS1. The Kier molecular flexibility index (Phi) is 5.15. The van der Waals surface area contributed by atoms with Gasteiger partial charge in [-0.1, -0.05) is 0 Å². The van der Waals surface area contributed by atoms with Crippen molar-refractivity contribution in [3.05, 3.63) is 15.9 Å². The van der Waals surface area contributed by atoms with Gasteiger partial charge in [0.2, 0.25) is 0 Å². The summed E-state index contributed by atoms with van der Waals surface area (Å²) in [5.74, 6) is 1.32. The standard InChI is InChI=1S/C13H22BrN3S/c1-4-17-11(13(14)9(2)16-17)8-10(15-3)12-6-5-7-18-12/h10,12,15H,4-8H2,1-3H3. The second kappa shape index (κ2) is 6.44. The van der Waals surface area contributed by atoms with Crippen LogP contribution in [0.5, 0.6) is 0 Å². The topological polar surface area (TPSA) is 29.9 Å². The molecule has 5 heteroatoms. The molecule has 1 aliphatic rings. The van der Waals surface area contributed by atoms with E-state index in [1.807, 2.05) is 0 Å². The Bertz CT molecular complexity index is 399. The molecule has 1 aromatic heterocycles. The number of nitrogens with one attached hydrogen (secondary N) is 1. The van der Waals surface area contributed by atoms with E-state index >= 15 is 0 Å². The molecule has 3 nitrogen and oxygen atoms in total. The Morgan fingerprint density at radius 1 is 1.61 bits per heavy atom. The van der Waals surface area contributed by atoms with Crippen molar-refractivity contribution in [2.24, 2.45) is 0 Å². The lowest BCUT2D eigenvalue weighted by Crippen LogP contribution is -2.37. The first-order chi connectivity index (χ1) is 8.67. The zero-order valence-corrected chi connectivity index (χ0v) is 13.8. The van der Waals surface area contributed by atoms with Crippen LogP contribution >= 0.6 is 27.7 Å². The van der Waals surface area contributed by atoms with E-state index in [2.05, 4.69) is 63.7 Å². The molecule has 1 N–H and O–H groups in total. The fraction of sp³-hybridized carbons (Fsp3) is 0.769. The fourth-order valence-corrected chi connectivity index (χ4v) is 4.49. The quantitative estimate of drug-likeness (QED) is 0.899. The normalized spacial score (nSPS) is 21.4. The van der Waals surface area contributed by atoms with E-state index in [-0.39, 0.29) is 0 Å². The fourth-order valence-electron chi connectivity index (χ4n) is 2.61. The third-order valence-corrected chi connectivity index (χ3v) is 6.20. The van der Waals surface area contributed by atoms with Gasteiger partial charge in [0, 0.05) is 24.3 Å². The van der Waals surface area contributed by atoms with E-state index in [4.69, 9.17) is 0 Å². The number of likely N-dealkylation sites (N-methyl/N-ethyl adjacent to an activating group) is 1. The summed E-state index contributed by atoms with van der Waals surface area (Å²) in [6.45, 7) is 5.16. The first-order valence-corrected chi connectivity index (χ1v) is 8.52. The lowest BCUT2D eigenvalue weighted by atomic mass is 10.0. The summed E-state index contributed by atoms with van der Waals surface area (Å²) in [4.78, 5) is 0. The number of nitrogens with zero attached hydrogens (tertiary/aromatic N) is 2. The van der Waals surface area contributed by atoms with Crippen LogP contribution in [-0.4, -0.2) is 33.9 Å². The molecule has 2 heterocycles. The highest BCUT2D eigenvalue weighted by Gasteiger charge is 2.26. The molecule has 1 aromatic rings. The molecule has 1 fully saturated rings.